The Kier molecular flexibility index (Phi) is 4.42. The summed E-state index contributed by atoms with van der Waals surface area (Å²) in [6.07, 6.45) is 4.44. The van der Waals surface area contributed by atoms with Crippen LogP contribution in [0.5, 0.6) is 0 Å². The highest BCUT2D eigenvalue weighted by Crippen LogP contribution is 2.45. The second kappa shape index (κ2) is 5.71. The Labute approximate surface area is 138 Å². The highest BCUT2D eigenvalue weighted by Gasteiger charge is 2.40. The van der Waals surface area contributed by atoms with Crippen molar-refractivity contribution in [2.24, 2.45) is 10.8 Å². The van der Waals surface area contributed by atoms with E-state index in [0.29, 0.717) is 0 Å². The van der Waals surface area contributed by atoms with Crippen molar-refractivity contribution >= 4 is 16.1 Å². The lowest BCUT2D eigenvalue weighted by atomic mass is 10.1. The van der Waals surface area contributed by atoms with Crippen LogP contribution in [0.1, 0.15) is 25.7 Å². The third-order valence-electron chi connectivity index (χ3n) is 3.52. The fourth-order valence-corrected chi connectivity index (χ4v) is 2.96. The molecule has 2 rings (SSSR count). The van der Waals surface area contributed by atoms with E-state index in [0.717, 1.165) is 25.7 Å². The maximum absolute atomic E-state index is 3.45. The van der Waals surface area contributed by atoms with Crippen molar-refractivity contribution in [2.45, 2.75) is 65.0 Å². The van der Waals surface area contributed by atoms with Crippen molar-refractivity contribution in [2.75, 3.05) is 0 Å². The van der Waals surface area contributed by atoms with E-state index in [-0.39, 0.29) is 10.8 Å². The van der Waals surface area contributed by atoms with E-state index in [1.165, 1.54) is 0 Å². The van der Waals surface area contributed by atoms with Gasteiger partial charge in [-0.1, -0.05) is 63.0 Å². The average molecular weight is 323 g/mol. The Hall–Kier alpha value is -1.33. The summed E-state index contributed by atoms with van der Waals surface area (Å²) in [4.78, 5) is 0. The van der Waals surface area contributed by atoms with Crippen molar-refractivity contribution in [3.8, 4) is 46.6 Å². The lowest BCUT2D eigenvalue weighted by Crippen LogP contribution is -2.17. The lowest BCUT2D eigenvalue weighted by molar-refractivity contribution is 0.940. The highest BCUT2D eigenvalue weighted by atomic mass is 28.3. The Bertz CT molecular complexity index is 626. The fourth-order valence-electron chi connectivity index (χ4n) is 1.73. The quantitative estimate of drug-likeness (QED) is 0.460. The highest BCUT2D eigenvalue weighted by molar-refractivity contribution is 6.84. The van der Waals surface area contributed by atoms with Crippen molar-refractivity contribution in [1.29, 1.82) is 0 Å². The second-order valence-corrected chi connectivity index (χ2v) is 18.2. The molecule has 0 bridgehead atoms. The van der Waals surface area contributed by atoms with Gasteiger partial charge in [0.1, 0.15) is 16.1 Å². The third-order valence-corrected chi connectivity index (χ3v) is 5.27. The molecular formula is C20H26Si2. The van der Waals surface area contributed by atoms with Gasteiger partial charge in [-0.25, -0.2) is 0 Å². The van der Waals surface area contributed by atoms with Crippen LogP contribution in [0.25, 0.3) is 0 Å². The normalized spacial score (nSPS) is 19.7. The van der Waals surface area contributed by atoms with Crippen LogP contribution in [-0.2, 0) is 0 Å². The second-order valence-electron chi connectivity index (χ2n) is 8.66. The largest absolute Gasteiger partial charge is 0.130 e. The van der Waals surface area contributed by atoms with Crippen LogP contribution in [0.2, 0.25) is 39.3 Å². The van der Waals surface area contributed by atoms with Gasteiger partial charge in [0.05, 0.1) is 10.8 Å². The monoisotopic (exact) mass is 322 g/mol. The van der Waals surface area contributed by atoms with Crippen LogP contribution in [-0.4, -0.2) is 16.1 Å². The van der Waals surface area contributed by atoms with Crippen LogP contribution in [0.4, 0.5) is 0 Å². The van der Waals surface area contributed by atoms with E-state index in [2.05, 4.69) is 85.9 Å². The predicted octanol–water partition coefficient (Wildman–Crippen LogP) is 4.32. The van der Waals surface area contributed by atoms with Crippen LogP contribution in [0.3, 0.4) is 0 Å². The molecule has 2 aliphatic rings. The van der Waals surface area contributed by atoms with Crippen molar-refractivity contribution < 1.29 is 0 Å². The van der Waals surface area contributed by atoms with Gasteiger partial charge < -0.3 is 0 Å². The molecule has 2 aliphatic carbocycles. The van der Waals surface area contributed by atoms with E-state index in [1.807, 2.05) is 0 Å². The molecule has 0 N–H and O–H groups in total. The van der Waals surface area contributed by atoms with Crippen molar-refractivity contribution in [3.05, 3.63) is 0 Å². The minimum Gasteiger partial charge on any atom is -0.130 e. The summed E-state index contributed by atoms with van der Waals surface area (Å²) in [5, 5.41) is 0. The molecule has 0 unspecified atom stereocenters. The molecule has 0 aromatic heterocycles. The van der Waals surface area contributed by atoms with Gasteiger partial charge in [0.15, 0.2) is 0 Å². The van der Waals surface area contributed by atoms with Gasteiger partial charge in [-0.05, 0) is 37.5 Å². The van der Waals surface area contributed by atoms with Crippen LogP contribution in [0, 0.1) is 57.4 Å². The molecule has 2 saturated carbocycles. The Balaban J connectivity index is 2.03. The van der Waals surface area contributed by atoms with Crippen molar-refractivity contribution in [1.82, 2.24) is 0 Å². The molecule has 0 saturated heterocycles. The van der Waals surface area contributed by atoms with Gasteiger partial charge in [0.25, 0.3) is 0 Å². The van der Waals surface area contributed by atoms with Gasteiger partial charge in [-0.3, -0.25) is 0 Å². The summed E-state index contributed by atoms with van der Waals surface area (Å²) in [6.45, 7) is 13.7. The van der Waals surface area contributed by atoms with Gasteiger partial charge >= 0.3 is 0 Å². The SMILES string of the molecule is C[Si](C)(C)C#CC1(C#CC#CC2(C#C[Si](C)(C)C)CC2)CC1. The molecule has 2 heteroatoms. The topological polar surface area (TPSA) is 0 Å². The fraction of sp³-hybridized carbons (Fsp3) is 0.600. The first kappa shape index (κ1) is 17.0. The summed E-state index contributed by atoms with van der Waals surface area (Å²) in [6, 6.07) is 0. The smallest absolute Gasteiger partial charge is 0.129 e. The van der Waals surface area contributed by atoms with E-state index >= 15 is 0 Å². The molecule has 0 aromatic rings. The van der Waals surface area contributed by atoms with Crippen molar-refractivity contribution in [3.63, 3.8) is 0 Å². The molecule has 0 spiro atoms. The average Bonchev–Trinajstić information content (AvgIpc) is 3.27. The van der Waals surface area contributed by atoms with E-state index in [4.69, 9.17) is 0 Å². The van der Waals surface area contributed by atoms with Gasteiger partial charge in [0, 0.05) is 0 Å². The Morgan fingerprint density at radius 1 is 0.545 bits per heavy atom. The number of hydrogen-bond acceptors (Lipinski definition) is 0. The van der Waals surface area contributed by atoms with Gasteiger partial charge in [0.2, 0.25) is 0 Å². The summed E-state index contributed by atoms with van der Waals surface area (Å²) >= 11 is 0. The zero-order valence-electron chi connectivity index (χ0n) is 14.8. The van der Waals surface area contributed by atoms with Gasteiger partial charge in [-0.15, -0.1) is 11.1 Å². The predicted molar refractivity (Wildman–Crippen MR) is 101 cm³/mol. The molecular weight excluding hydrogens is 296 g/mol. The minimum absolute atomic E-state index is 0.0321. The van der Waals surface area contributed by atoms with Crippen LogP contribution >= 0.6 is 0 Å². The summed E-state index contributed by atoms with van der Waals surface area (Å²) in [5.41, 5.74) is 6.84. The minimum atomic E-state index is -1.30. The molecule has 0 atom stereocenters. The molecule has 0 aromatic carbocycles. The van der Waals surface area contributed by atoms with E-state index < -0.39 is 16.1 Å². The molecule has 0 heterocycles. The first-order valence-corrected chi connectivity index (χ1v) is 15.2. The van der Waals surface area contributed by atoms with E-state index in [1.54, 1.807) is 0 Å². The molecule has 114 valence electrons. The molecule has 0 nitrogen and oxygen atoms in total. The van der Waals surface area contributed by atoms with E-state index in [9.17, 15) is 0 Å². The summed E-state index contributed by atoms with van der Waals surface area (Å²) in [5.74, 6) is 19.6. The van der Waals surface area contributed by atoms with Crippen LogP contribution < -0.4 is 0 Å². The lowest BCUT2D eigenvalue weighted by Gasteiger charge is -2.04. The number of hydrogen-bond donors (Lipinski definition) is 0. The molecule has 0 amide bonds. The zero-order chi connectivity index (χ0) is 16.5. The Morgan fingerprint density at radius 3 is 1.09 bits per heavy atom. The zero-order valence-corrected chi connectivity index (χ0v) is 16.8. The van der Waals surface area contributed by atoms with Gasteiger partial charge in [-0.2, -0.15) is 0 Å². The first-order chi connectivity index (χ1) is 10.0. The van der Waals surface area contributed by atoms with Crippen LogP contribution in [0.15, 0.2) is 0 Å². The molecule has 0 aliphatic heterocycles. The maximum atomic E-state index is 3.45. The molecule has 0 radical (unpaired) electrons. The molecule has 22 heavy (non-hydrogen) atoms. The Morgan fingerprint density at radius 2 is 0.864 bits per heavy atom. The standard InChI is InChI=1S/C20H26Si2/c1-21(2,3)17-15-19(11-12-19)9-7-8-10-20(13-14-20)16-18-22(4,5)6/h11-14H2,1-6H3. The maximum Gasteiger partial charge on any atom is 0.129 e. The third kappa shape index (κ3) is 5.81. The number of rotatable bonds is 0. The summed E-state index contributed by atoms with van der Waals surface area (Å²) in [7, 11) is -2.60. The summed E-state index contributed by atoms with van der Waals surface area (Å²) < 4.78 is 0. The molecule has 2 fully saturated rings. The first-order valence-electron chi connectivity index (χ1n) is 8.16.